The first-order valence-electron chi connectivity index (χ1n) is 13.2. The molecule has 12 heteroatoms. The highest BCUT2D eigenvalue weighted by Gasteiger charge is 2.20. The molecule has 6 rings (SSSR count). The second kappa shape index (κ2) is 11.0. The number of hydrogen-bond acceptors (Lipinski definition) is 9. The molecule has 2 saturated heterocycles. The number of aromatic nitrogens is 6. The van der Waals surface area contributed by atoms with Gasteiger partial charge in [0.15, 0.2) is 11.5 Å². The number of piperidine rings is 1. The normalized spacial score (nSPS) is 18.8. The second-order valence-electron chi connectivity index (χ2n) is 10.3. The van der Waals surface area contributed by atoms with Crippen LogP contribution in [0.15, 0.2) is 30.9 Å². The molecule has 1 unspecified atom stereocenters. The van der Waals surface area contributed by atoms with Crippen LogP contribution in [0.2, 0.25) is 0 Å². The summed E-state index contributed by atoms with van der Waals surface area (Å²) in [5, 5.41) is 8.88. The van der Waals surface area contributed by atoms with Gasteiger partial charge in [0.1, 0.15) is 11.5 Å². The van der Waals surface area contributed by atoms with Gasteiger partial charge in [0.05, 0.1) is 29.5 Å². The van der Waals surface area contributed by atoms with Crippen LogP contribution < -0.4 is 5.32 Å². The van der Waals surface area contributed by atoms with Crippen molar-refractivity contribution in [2.75, 3.05) is 43.0 Å². The second-order valence-corrected chi connectivity index (χ2v) is 12.3. The maximum atomic E-state index is 12.7. The summed E-state index contributed by atoms with van der Waals surface area (Å²) in [6.45, 7) is 9.34. The maximum Gasteiger partial charge on any atom is 0.244 e. The molecule has 4 aromatic heterocycles. The fraction of sp³-hybridized carbons (Fsp3) is 0.500. The van der Waals surface area contributed by atoms with Gasteiger partial charge in [0, 0.05) is 55.6 Å². The number of hydrogen-bond donors (Lipinski definition) is 1. The SMILES string of the molecule is Cc1cn2c(-c3cnn(CC(=O)N4CCSCC4)c3)cnc2c(Nc2cc(CN3CCCC(C)C3)ns2)n1. The topological polar surface area (TPSA) is 96.5 Å². The van der Waals surface area contributed by atoms with E-state index in [-0.39, 0.29) is 12.5 Å². The van der Waals surface area contributed by atoms with Gasteiger partial charge in [0.25, 0.3) is 0 Å². The third kappa shape index (κ3) is 5.57. The molecule has 1 atom stereocenters. The molecular weight excluding hydrogens is 518 g/mol. The number of thioether (sulfide) groups is 1. The molecule has 6 heterocycles. The quantitative estimate of drug-likeness (QED) is 0.369. The smallest absolute Gasteiger partial charge is 0.244 e. The number of fused-ring (bicyclic) bond motifs is 1. The summed E-state index contributed by atoms with van der Waals surface area (Å²) in [7, 11) is 0. The van der Waals surface area contributed by atoms with Crippen molar-refractivity contribution in [1.82, 2.24) is 38.3 Å². The summed E-state index contributed by atoms with van der Waals surface area (Å²) < 4.78 is 8.44. The lowest BCUT2D eigenvalue weighted by Gasteiger charge is -2.30. The fourth-order valence-electron chi connectivity index (χ4n) is 5.26. The largest absolute Gasteiger partial charge is 0.339 e. The Bertz CT molecular complexity index is 1420. The van der Waals surface area contributed by atoms with E-state index < -0.39 is 0 Å². The van der Waals surface area contributed by atoms with Gasteiger partial charge in [-0.1, -0.05) is 6.92 Å². The average Bonchev–Trinajstić information content (AvgIpc) is 3.65. The molecule has 0 aromatic carbocycles. The molecule has 0 saturated carbocycles. The number of nitrogens with zero attached hydrogens (tertiary/aromatic N) is 8. The van der Waals surface area contributed by atoms with Crippen LogP contribution in [0.5, 0.6) is 0 Å². The lowest BCUT2D eigenvalue weighted by atomic mass is 10.0. The van der Waals surface area contributed by atoms with Gasteiger partial charge in [-0.05, 0) is 49.8 Å². The number of amides is 1. The number of rotatable bonds is 7. The first kappa shape index (κ1) is 25.3. The molecule has 1 N–H and O–H groups in total. The molecule has 38 heavy (non-hydrogen) atoms. The predicted molar refractivity (Wildman–Crippen MR) is 152 cm³/mol. The van der Waals surface area contributed by atoms with Gasteiger partial charge >= 0.3 is 0 Å². The number of imidazole rings is 1. The summed E-state index contributed by atoms with van der Waals surface area (Å²) in [6.07, 6.45) is 10.1. The van der Waals surface area contributed by atoms with Crippen molar-refractivity contribution in [3.8, 4) is 11.3 Å². The van der Waals surface area contributed by atoms with Crippen LogP contribution in [0, 0.1) is 12.8 Å². The molecule has 2 fully saturated rings. The van der Waals surface area contributed by atoms with Crippen molar-refractivity contribution in [2.45, 2.75) is 39.8 Å². The molecule has 0 bridgehead atoms. The summed E-state index contributed by atoms with van der Waals surface area (Å²) in [6, 6.07) is 2.12. The Balaban J connectivity index is 1.18. The third-order valence-electron chi connectivity index (χ3n) is 7.13. The summed E-state index contributed by atoms with van der Waals surface area (Å²) >= 11 is 3.35. The van der Waals surface area contributed by atoms with E-state index >= 15 is 0 Å². The summed E-state index contributed by atoms with van der Waals surface area (Å²) in [5.41, 5.74) is 4.51. The van der Waals surface area contributed by atoms with E-state index in [9.17, 15) is 4.79 Å². The Morgan fingerprint density at radius 1 is 1.18 bits per heavy atom. The number of anilines is 2. The first-order valence-corrected chi connectivity index (χ1v) is 15.1. The molecule has 0 radical (unpaired) electrons. The lowest BCUT2D eigenvalue weighted by molar-refractivity contribution is -0.131. The first-order chi connectivity index (χ1) is 18.5. The molecule has 200 valence electrons. The highest BCUT2D eigenvalue weighted by molar-refractivity contribution is 7.99. The molecule has 2 aliphatic rings. The zero-order valence-electron chi connectivity index (χ0n) is 21.8. The minimum absolute atomic E-state index is 0.114. The number of likely N-dealkylation sites (tertiary alicyclic amines) is 1. The van der Waals surface area contributed by atoms with Crippen molar-refractivity contribution in [3.05, 3.63) is 42.2 Å². The van der Waals surface area contributed by atoms with E-state index in [1.165, 1.54) is 24.4 Å². The van der Waals surface area contributed by atoms with Gasteiger partial charge in [-0.15, -0.1) is 0 Å². The summed E-state index contributed by atoms with van der Waals surface area (Å²) in [5.74, 6) is 3.57. The Labute approximate surface area is 230 Å². The Morgan fingerprint density at radius 2 is 2.05 bits per heavy atom. The molecule has 4 aromatic rings. The monoisotopic (exact) mass is 551 g/mol. The minimum atomic E-state index is 0.114. The van der Waals surface area contributed by atoms with E-state index in [0.29, 0.717) is 5.82 Å². The fourth-order valence-corrected chi connectivity index (χ4v) is 6.82. The lowest BCUT2D eigenvalue weighted by Crippen LogP contribution is -2.39. The predicted octanol–water partition coefficient (Wildman–Crippen LogP) is 3.91. The molecule has 1 amide bonds. The molecule has 0 spiro atoms. The van der Waals surface area contributed by atoms with Crippen molar-refractivity contribution in [3.63, 3.8) is 0 Å². The van der Waals surface area contributed by atoms with Gasteiger partial charge in [0.2, 0.25) is 5.91 Å². The number of nitrogens with one attached hydrogen (secondary N) is 1. The zero-order valence-corrected chi connectivity index (χ0v) is 23.5. The van der Waals surface area contributed by atoms with Crippen molar-refractivity contribution < 1.29 is 4.79 Å². The van der Waals surface area contributed by atoms with Crippen molar-refractivity contribution >= 4 is 45.7 Å². The van der Waals surface area contributed by atoms with E-state index in [4.69, 9.17) is 4.98 Å². The van der Waals surface area contributed by atoms with Crippen LogP contribution in [0.4, 0.5) is 10.8 Å². The maximum absolute atomic E-state index is 12.7. The van der Waals surface area contributed by atoms with E-state index in [0.717, 1.165) is 83.4 Å². The molecule has 0 aliphatic carbocycles. The van der Waals surface area contributed by atoms with Gasteiger partial charge < -0.3 is 10.2 Å². The number of carbonyl (C=O) groups excluding carboxylic acids is 1. The minimum Gasteiger partial charge on any atom is -0.339 e. The van der Waals surface area contributed by atoms with E-state index in [1.54, 1.807) is 10.9 Å². The zero-order chi connectivity index (χ0) is 26.1. The highest BCUT2D eigenvalue weighted by atomic mass is 32.2. The van der Waals surface area contributed by atoms with E-state index in [2.05, 4.69) is 37.7 Å². The Kier molecular flexibility index (Phi) is 7.35. The van der Waals surface area contributed by atoms with Gasteiger partial charge in [-0.25, -0.2) is 9.97 Å². The van der Waals surface area contributed by atoms with Crippen LogP contribution in [-0.4, -0.2) is 81.9 Å². The molecule has 2 aliphatic heterocycles. The van der Waals surface area contributed by atoms with Crippen LogP contribution in [0.1, 0.15) is 31.2 Å². The van der Waals surface area contributed by atoms with Gasteiger partial charge in [-0.3, -0.25) is 18.8 Å². The molecular formula is C26H33N9OS2. The van der Waals surface area contributed by atoms with Crippen LogP contribution >= 0.6 is 23.3 Å². The third-order valence-corrected chi connectivity index (χ3v) is 8.81. The summed E-state index contributed by atoms with van der Waals surface area (Å²) in [4.78, 5) is 26.5. The van der Waals surface area contributed by atoms with Crippen LogP contribution in [0.3, 0.4) is 0 Å². The standard InChI is InChI=1S/C26H33N9OS2/c1-18-4-3-5-32(13-18)16-21-10-23(38-31-21)30-25-26-27-12-22(35(26)14-19(2)29-25)20-11-28-34(15-20)17-24(36)33-6-8-37-9-7-33/h10-12,14-15,18H,3-9,13,16-17H2,1-2H3,(H,29,30). The van der Waals surface area contributed by atoms with Crippen molar-refractivity contribution in [1.29, 1.82) is 0 Å². The Hall–Kier alpha value is -2.96. The number of aryl methyl sites for hydroxylation is 1. The van der Waals surface area contributed by atoms with Crippen LogP contribution in [0.25, 0.3) is 16.9 Å². The van der Waals surface area contributed by atoms with Crippen LogP contribution in [-0.2, 0) is 17.9 Å². The van der Waals surface area contributed by atoms with Gasteiger partial charge in [-0.2, -0.15) is 21.2 Å². The van der Waals surface area contributed by atoms with E-state index in [1.807, 2.05) is 46.6 Å². The number of carbonyl (C=O) groups is 1. The average molecular weight is 552 g/mol. The van der Waals surface area contributed by atoms with Crippen molar-refractivity contribution in [2.24, 2.45) is 5.92 Å². The highest BCUT2D eigenvalue weighted by Crippen LogP contribution is 2.28. The Morgan fingerprint density at radius 3 is 2.89 bits per heavy atom. The molecule has 10 nitrogen and oxygen atoms in total.